The number of anilines is 1. The van der Waals surface area contributed by atoms with Crippen molar-refractivity contribution in [3.05, 3.63) is 29.8 Å². The molecule has 1 aromatic rings. The zero-order valence-electron chi connectivity index (χ0n) is 12.4. The SMILES string of the molecule is CCN(CC)[C@H]1CC(=O)N(c2cccc(C(F)(F)F)c2)C1=O. The van der Waals surface area contributed by atoms with Gasteiger partial charge in [0, 0.05) is 0 Å². The first-order valence-corrected chi connectivity index (χ1v) is 7.07. The number of carbonyl (C=O) groups excluding carboxylic acids is 2. The van der Waals surface area contributed by atoms with Crippen molar-refractivity contribution in [2.24, 2.45) is 0 Å². The molecule has 0 saturated carbocycles. The topological polar surface area (TPSA) is 40.6 Å². The van der Waals surface area contributed by atoms with Gasteiger partial charge in [0.05, 0.1) is 23.7 Å². The van der Waals surface area contributed by atoms with Crippen molar-refractivity contribution in [1.29, 1.82) is 0 Å². The number of carbonyl (C=O) groups is 2. The second-order valence-corrected chi connectivity index (χ2v) is 5.06. The molecule has 22 heavy (non-hydrogen) atoms. The van der Waals surface area contributed by atoms with Gasteiger partial charge in [-0.25, -0.2) is 4.90 Å². The summed E-state index contributed by atoms with van der Waals surface area (Å²) < 4.78 is 38.3. The Labute approximate surface area is 126 Å². The maximum Gasteiger partial charge on any atom is 0.416 e. The fourth-order valence-electron chi connectivity index (χ4n) is 2.66. The summed E-state index contributed by atoms with van der Waals surface area (Å²) in [6.07, 6.45) is -4.52. The van der Waals surface area contributed by atoms with E-state index in [1.807, 2.05) is 18.7 Å². The van der Waals surface area contributed by atoms with E-state index < -0.39 is 29.6 Å². The molecule has 0 bridgehead atoms. The standard InChI is InChI=1S/C15H17F3N2O2/c1-3-19(4-2)12-9-13(21)20(14(12)22)11-7-5-6-10(8-11)15(16,17)18/h5-8,12H,3-4,9H2,1-2H3/t12-/m0/s1. The van der Waals surface area contributed by atoms with Crippen LogP contribution >= 0.6 is 0 Å². The van der Waals surface area contributed by atoms with Gasteiger partial charge in [0.1, 0.15) is 0 Å². The van der Waals surface area contributed by atoms with Crippen molar-refractivity contribution >= 4 is 17.5 Å². The van der Waals surface area contributed by atoms with Crippen LogP contribution in [-0.4, -0.2) is 35.8 Å². The molecule has 1 saturated heterocycles. The van der Waals surface area contributed by atoms with Crippen LogP contribution in [0.25, 0.3) is 0 Å². The molecule has 2 rings (SSSR count). The third kappa shape index (κ3) is 2.99. The Morgan fingerprint density at radius 1 is 1.23 bits per heavy atom. The molecule has 0 aromatic heterocycles. The van der Waals surface area contributed by atoms with Gasteiger partial charge in [-0.1, -0.05) is 19.9 Å². The highest BCUT2D eigenvalue weighted by molar-refractivity contribution is 6.22. The monoisotopic (exact) mass is 314 g/mol. The predicted octanol–water partition coefficient (Wildman–Crippen LogP) is 2.68. The Morgan fingerprint density at radius 2 is 1.86 bits per heavy atom. The van der Waals surface area contributed by atoms with Gasteiger partial charge in [0.2, 0.25) is 5.91 Å². The van der Waals surface area contributed by atoms with Crippen LogP contribution in [0.2, 0.25) is 0 Å². The molecule has 120 valence electrons. The minimum atomic E-state index is -4.51. The predicted molar refractivity (Wildman–Crippen MR) is 75.3 cm³/mol. The lowest BCUT2D eigenvalue weighted by molar-refractivity contribution is -0.137. The summed E-state index contributed by atoms with van der Waals surface area (Å²) in [4.78, 5) is 27.2. The molecule has 4 nitrogen and oxygen atoms in total. The van der Waals surface area contributed by atoms with Crippen molar-refractivity contribution in [3.63, 3.8) is 0 Å². The summed E-state index contributed by atoms with van der Waals surface area (Å²) in [6.45, 7) is 4.93. The molecular formula is C15H17F3N2O2. The van der Waals surface area contributed by atoms with Crippen molar-refractivity contribution in [3.8, 4) is 0 Å². The number of amides is 2. The zero-order valence-corrected chi connectivity index (χ0v) is 12.4. The lowest BCUT2D eigenvalue weighted by atomic mass is 10.2. The van der Waals surface area contributed by atoms with E-state index >= 15 is 0 Å². The van der Waals surface area contributed by atoms with Crippen molar-refractivity contribution in [2.75, 3.05) is 18.0 Å². The van der Waals surface area contributed by atoms with Crippen LogP contribution in [0.15, 0.2) is 24.3 Å². The highest BCUT2D eigenvalue weighted by Gasteiger charge is 2.42. The summed E-state index contributed by atoms with van der Waals surface area (Å²) in [5.74, 6) is -0.936. The molecule has 0 N–H and O–H groups in total. The largest absolute Gasteiger partial charge is 0.416 e. The van der Waals surface area contributed by atoms with Gasteiger partial charge >= 0.3 is 6.18 Å². The first kappa shape index (κ1) is 16.5. The van der Waals surface area contributed by atoms with E-state index in [1.54, 1.807) is 0 Å². The fourth-order valence-corrected chi connectivity index (χ4v) is 2.66. The molecule has 0 aliphatic carbocycles. The van der Waals surface area contributed by atoms with E-state index in [-0.39, 0.29) is 12.1 Å². The van der Waals surface area contributed by atoms with Gasteiger partial charge in [0.25, 0.3) is 5.91 Å². The normalized spacial score (nSPS) is 19.4. The van der Waals surface area contributed by atoms with Crippen LogP contribution in [0.4, 0.5) is 18.9 Å². The van der Waals surface area contributed by atoms with Crippen LogP contribution in [0, 0.1) is 0 Å². The molecule has 1 aliphatic heterocycles. The average molecular weight is 314 g/mol. The molecule has 0 radical (unpaired) electrons. The molecule has 7 heteroatoms. The van der Waals surface area contributed by atoms with Crippen LogP contribution in [0.5, 0.6) is 0 Å². The second-order valence-electron chi connectivity index (χ2n) is 5.06. The summed E-state index contributed by atoms with van der Waals surface area (Å²) in [6, 6.07) is 3.69. The number of likely N-dealkylation sites (N-methyl/N-ethyl adjacent to an activating group) is 1. The summed E-state index contributed by atoms with van der Waals surface area (Å²) in [5.41, 5.74) is -0.906. The molecule has 2 amide bonds. The number of imide groups is 1. The number of halogens is 3. The van der Waals surface area contributed by atoms with Crippen LogP contribution < -0.4 is 4.90 Å². The van der Waals surface area contributed by atoms with Gasteiger partial charge in [-0.3, -0.25) is 14.5 Å². The smallest absolute Gasteiger partial charge is 0.292 e. The number of rotatable bonds is 4. The summed E-state index contributed by atoms with van der Waals surface area (Å²) in [5, 5.41) is 0. The van der Waals surface area contributed by atoms with E-state index in [2.05, 4.69) is 0 Å². The minimum Gasteiger partial charge on any atom is -0.292 e. The second kappa shape index (κ2) is 6.08. The Kier molecular flexibility index (Phi) is 4.55. The third-order valence-electron chi connectivity index (χ3n) is 3.81. The molecule has 1 fully saturated rings. The quantitative estimate of drug-likeness (QED) is 0.802. The van der Waals surface area contributed by atoms with Gasteiger partial charge in [-0.05, 0) is 31.3 Å². The minimum absolute atomic E-state index is 0.00322. The molecule has 1 aromatic carbocycles. The van der Waals surface area contributed by atoms with Crippen LogP contribution in [-0.2, 0) is 15.8 Å². The highest BCUT2D eigenvalue weighted by Crippen LogP contribution is 2.33. The molecule has 0 unspecified atom stereocenters. The molecule has 1 aliphatic rings. The van der Waals surface area contributed by atoms with Gasteiger partial charge in [-0.2, -0.15) is 13.2 Å². The van der Waals surface area contributed by atoms with Crippen molar-refractivity contribution < 1.29 is 22.8 Å². The number of hydrogen-bond acceptors (Lipinski definition) is 3. The number of hydrogen-bond donors (Lipinski definition) is 0. The van der Waals surface area contributed by atoms with E-state index in [9.17, 15) is 22.8 Å². The Balaban J connectivity index is 2.33. The molecule has 1 heterocycles. The average Bonchev–Trinajstić information content (AvgIpc) is 2.75. The Bertz CT molecular complexity index is 582. The maximum atomic E-state index is 12.8. The molecule has 0 spiro atoms. The lowest BCUT2D eigenvalue weighted by Gasteiger charge is -2.24. The Hall–Kier alpha value is -1.89. The van der Waals surface area contributed by atoms with Crippen molar-refractivity contribution in [1.82, 2.24) is 4.90 Å². The summed E-state index contributed by atoms with van der Waals surface area (Å²) >= 11 is 0. The third-order valence-corrected chi connectivity index (χ3v) is 3.81. The highest BCUT2D eigenvalue weighted by atomic mass is 19.4. The van der Waals surface area contributed by atoms with E-state index in [0.29, 0.717) is 13.1 Å². The number of alkyl halides is 3. The first-order valence-electron chi connectivity index (χ1n) is 7.07. The van der Waals surface area contributed by atoms with Gasteiger partial charge in [0.15, 0.2) is 0 Å². The van der Waals surface area contributed by atoms with E-state index in [1.165, 1.54) is 12.1 Å². The van der Waals surface area contributed by atoms with Crippen LogP contribution in [0.1, 0.15) is 25.8 Å². The summed E-state index contributed by atoms with van der Waals surface area (Å²) in [7, 11) is 0. The fraction of sp³-hybridized carbons (Fsp3) is 0.467. The van der Waals surface area contributed by atoms with Crippen LogP contribution in [0.3, 0.4) is 0 Å². The zero-order chi connectivity index (χ0) is 16.5. The number of benzene rings is 1. The maximum absolute atomic E-state index is 12.8. The number of nitrogens with zero attached hydrogens (tertiary/aromatic N) is 2. The van der Waals surface area contributed by atoms with Crippen molar-refractivity contribution in [2.45, 2.75) is 32.5 Å². The molecule has 1 atom stereocenters. The lowest BCUT2D eigenvalue weighted by Crippen LogP contribution is -2.42. The van der Waals surface area contributed by atoms with Gasteiger partial charge in [-0.15, -0.1) is 0 Å². The Morgan fingerprint density at radius 3 is 2.41 bits per heavy atom. The van der Waals surface area contributed by atoms with Gasteiger partial charge < -0.3 is 0 Å². The first-order chi connectivity index (χ1) is 10.3. The molecular weight excluding hydrogens is 297 g/mol. The van der Waals surface area contributed by atoms with E-state index in [0.717, 1.165) is 17.0 Å². The van der Waals surface area contributed by atoms with E-state index in [4.69, 9.17) is 0 Å².